The zero-order valence-corrected chi connectivity index (χ0v) is 12.6. The Bertz CT molecular complexity index is 394. The third-order valence-electron chi connectivity index (χ3n) is 3.58. The summed E-state index contributed by atoms with van der Waals surface area (Å²) in [5.41, 5.74) is 1.21. The number of halogens is 1. The first-order valence-corrected chi connectivity index (χ1v) is 7.62. The van der Waals surface area contributed by atoms with Crippen molar-refractivity contribution in [1.82, 2.24) is 5.32 Å². The number of hydrogen-bond acceptors (Lipinski definition) is 2. The van der Waals surface area contributed by atoms with Crippen LogP contribution in [0.15, 0.2) is 24.3 Å². The summed E-state index contributed by atoms with van der Waals surface area (Å²) in [7, 11) is 0. The van der Waals surface area contributed by atoms with Gasteiger partial charge in [0.15, 0.2) is 0 Å². The van der Waals surface area contributed by atoms with Gasteiger partial charge in [0.05, 0.1) is 6.10 Å². The first kappa shape index (κ1) is 14.8. The van der Waals surface area contributed by atoms with Crippen LogP contribution in [0.25, 0.3) is 0 Å². The fourth-order valence-corrected chi connectivity index (χ4v) is 2.86. The number of benzene rings is 1. The predicted molar refractivity (Wildman–Crippen MR) is 80.6 cm³/mol. The monoisotopic (exact) mass is 281 g/mol. The minimum Gasteiger partial charge on any atom is -0.373 e. The molecule has 2 nitrogen and oxygen atoms in total. The van der Waals surface area contributed by atoms with Crippen molar-refractivity contribution in [2.24, 2.45) is 11.8 Å². The van der Waals surface area contributed by atoms with Gasteiger partial charge in [-0.1, -0.05) is 37.6 Å². The molecular formula is C16H24ClNO. The van der Waals surface area contributed by atoms with Gasteiger partial charge in [0.25, 0.3) is 0 Å². The van der Waals surface area contributed by atoms with Crippen molar-refractivity contribution >= 4 is 11.6 Å². The highest BCUT2D eigenvalue weighted by atomic mass is 35.5. The zero-order valence-electron chi connectivity index (χ0n) is 11.9. The smallest absolute Gasteiger partial charge is 0.0865 e. The Morgan fingerprint density at radius 3 is 3.00 bits per heavy atom. The summed E-state index contributed by atoms with van der Waals surface area (Å²) >= 11 is 6.09. The van der Waals surface area contributed by atoms with Crippen LogP contribution in [0.1, 0.15) is 38.4 Å². The van der Waals surface area contributed by atoms with E-state index in [1.807, 2.05) is 18.2 Å². The summed E-state index contributed by atoms with van der Waals surface area (Å²) in [5.74, 6) is 1.24. The Kier molecular flexibility index (Phi) is 5.68. The Balaban J connectivity index is 1.99. The molecule has 0 saturated carbocycles. The lowest BCUT2D eigenvalue weighted by Crippen LogP contribution is -2.33. The van der Waals surface area contributed by atoms with Crippen molar-refractivity contribution in [3.63, 3.8) is 0 Å². The van der Waals surface area contributed by atoms with E-state index in [2.05, 4.69) is 25.2 Å². The Morgan fingerprint density at radius 1 is 1.42 bits per heavy atom. The van der Waals surface area contributed by atoms with E-state index < -0.39 is 0 Å². The van der Waals surface area contributed by atoms with Crippen molar-refractivity contribution < 1.29 is 4.74 Å². The molecule has 1 heterocycles. The Hall–Kier alpha value is -0.570. The van der Waals surface area contributed by atoms with E-state index >= 15 is 0 Å². The van der Waals surface area contributed by atoms with E-state index in [4.69, 9.17) is 16.3 Å². The highest BCUT2D eigenvalue weighted by molar-refractivity contribution is 6.30. The van der Waals surface area contributed by atoms with Crippen molar-refractivity contribution in [3.8, 4) is 0 Å². The van der Waals surface area contributed by atoms with Crippen LogP contribution in [0.3, 0.4) is 0 Å². The van der Waals surface area contributed by atoms with Crippen LogP contribution in [-0.2, 0) is 4.74 Å². The average molecular weight is 282 g/mol. The summed E-state index contributed by atoms with van der Waals surface area (Å²) in [6.45, 7) is 7.42. The van der Waals surface area contributed by atoms with Gasteiger partial charge >= 0.3 is 0 Å². The molecule has 2 unspecified atom stereocenters. The quantitative estimate of drug-likeness (QED) is 0.879. The van der Waals surface area contributed by atoms with E-state index in [1.165, 1.54) is 12.0 Å². The molecule has 0 bridgehead atoms. The third kappa shape index (κ3) is 4.48. The summed E-state index contributed by atoms with van der Waals surface area (Å²) in [6.07, 6.45) is 2.57. The molecule has 1 aromatic carbocycles. The molecule has 2 atom stereocenters. The van der Waals surface area contributed by atoms with Gasteiger partial charge in [0, 0.05) is 24.1 Å². The van der Waals surface area contributed by atoms with Crippen molar-refractivity contribution in [1.29, 1.82) is 0 Å². The van der Waals surface area contributed by atoms with E-state index in [0.29, 0.717) is 11.8 Å². The van der Waals surface area contributed by atoms with Gasteiger partial charge in [0.2, 0.25) is 0 Å². The second-order valence-corrected chi connectivity index (χ2v) is 6.24. The normalized spacial score (nSPS) is 23.8. The van der Waals surface area contributed by atoms with Crippen molar-refractivity contribution in [3.05, 3.63) is 34.9 Å². The molecule has 1 aliphatic rings. The lowest BCUT2D eigenvalue weighted by Gasteiger charge is -2.32. The van der Waals surface area contributed by atoms with Gasteiger partial charge in [-0.25, -0.2) is 0 Å². The van der Waals surface area contributed by atoms with Crippen LogP contribution in [-0.4, -0.2) is 19.7 Å². The van der Waals surface area contributed by atoms with Crippen molar-refractivity contribution in [2.45, 2.75) is 32.8 Å². The fourth-order valence-electron chi connectivity index (χ4n) is 2.66. The van der Waals surface area contributed by atoms with Crippen LogP contribution in [0, 0.1) is 11.8 Å². The molecule has 106 valence electrons. The van der Waals surface area contributed by atoms with Gasteiger partial charge in [0.1, 0.15) is 0 Å². The van der Waals surface area contributed by atoms with Gasteiger partial charge in [-0.05, 0) is 43.0 Å². The van der Waals surface area contributed by atoms with Gasteiger partial charge in [-0.2, -0.15) is 0 Å². The molecule has 1 fully saturated rings. The summed E-state index contributed by atoms with van der Waals surface area (Å²) in [4.78, 5) is 0. The summed E-state index contributed by atoms with van der Waals surface area (Å²) in [6, 6.07) is 8.08. The topological polar surface area (TPSA) is 21.3 Å². The lowest BCUT2D eigenvalue weighted by molar-refractivity contribution is -0.0278. The summed E-state index contributed by atoms with van der Waals surface area (Å²) in [5, 5.41) is 4.35. The number of hydrogen-bond donors (Lipinski definition) is 1. The van der Waals surface area contributed by atoms with E-state index in [9.17, 15) is 0 Å². The van der Waals surface area contributed by atoms with Crippen LogP contribution >= 0.6 is 11.6 Å². The number of rotatable bonds is 5. The van der Waals surface area contributed by atoms with E-state index in [1.54, 1.807) is 0 Å². The third-order valence-corrected chi connectivity index (χ3v) is 3.82. The second kappa shape index (κ2) is 7.28. The van der Waals surface area contributed by atoms with Gasteiger partial charge in [-0.3, -0.25) is 0 Å². The molecule has 1 saturated heterocycles. The zero-order chi connectivity index (χ0) is 13.7. The maximum absolute atomic E-state index is 6.09. The first-order valence-electron chi connectivity index (χ1n) is 7.24. The molecule has 0 aromatic heterocycles. The van der Waals surface area contributed by atoms with Gasteiger partial charge in [-0.15, -0.1) is 0 Å². The Labute approximate surface area is 121 Å². The minimum atomic E-state index is 0.187. The molecule has 0 radical (unpaired) electrons. The molecule has 0 spiro atoms. The molecule has 1 aliphatic heterocycles. The molecule has 1 N–H and O–H groups in total. The molecule has 3 heteroatoms. The van der Waals surface area contributed by atoms with Crippen LogP contribution in [0.2, 0.25) is 5.02 Å². The minimum absolute atomic E-state index is 0.187. The molecule has 0 amide bonds. The number of nitrogens with one attached hydrogen (secondary N) is 1. The summed E-state index contributed by atoms with van der Waals surface area (Å²) < 4.78 is 5.99. The largest absolute Gasteiger partial charge is 0.373 e. The highest BCUT2D eigenvalue weighted by Crippen LogP contribution is 2.34. The molecule has 0 aliphatic carbocycles. The Morgan fingerprint density at radius 2 is 2.26 bits per heavy atom. The molecule has 2 rings (SSSR count). The average Bonchev–Trinajstić information content (AvgIpc) is 2.39. The van der Waals surface area contributed by atoms with Crippen LogP contribution in [0.5, 0.6) is 0 Å². The maximum atomic E-state index is 6.09. The van der Waals surface area contributed by atoms with Gasteiger partial charge < -0.3 is 10.1 Å². The van der Waals surface area contributed by atoms with E-state index in [-0.39, 0.29) is 6.10 Å². The second-order valence-electron chi connectivity index (χ2n) is 5.80. The first-order chi connectivity index (χ1) is 9.16. The standard InChI is InChI=1S/C16H24ClNO/c1-12(2)10-18-11-14-6-4-8-19-16(14)13-5-3-7-15(17)9-13/h3,5,7,9,12,14,16,18H,4,6,8,10-11H2,1-2H3. The molecular weight excluding hydrogens is 258 g/mol. The van der Waals surface area contributed by atoms with E-state index in [0.717, 1.165) is 31.1 Å². The van der Waals surface area contributed by atoms with Crippen molar-refractivity contribution in [2.75, 3.05) is 19.7 Å². The van der Waals surface area contributed by atoms with Crippen LogP contribution < -0.4 is 5.32 Å². The fraction of sp³-hybridized carbons (Fsp3) is 0.625. The lowest BCUT2D eigenvalue weighted by atomic mass is 9.89. The highest BCUT2D eigenvalue weighted by Gasteiger charge is 2.27. The molecule has 19 heavy (non-hydrogen) atoms. The molecule has 1 aromatic rings. The predicted octanol–water partition coefficient (Wildman–Crippen LogP) is 4.05. The number of ether oxygens (including phenoxy) is 1. The maximum Gasteiger partial charge on any atom is 0.0865 e. The van der Waals surface area contributed by atoms with Crippen LogP contribution in [0.4, 0.5) is 0 Å². The SMILES string of the molecule is CC(C)CNCC1CCCOC1c1cccc(Cl)c1.